The molecule has 1 aromatic heterocycles. The van der Waals surface area contributed by atoms with E-state index in [4.69, 9.17) is 4.42 Å². The first-order chi connectivity index (χ1) is 8.62. The maximum atomic E-state index is 11.1. The van der Waals surface area contributed by atoms with Crippen LogP contribution in [0.5, 0.6) is 0 Å². The summed E-state index contributed by atoms with van der Waals surface area (Å²) in [4.78, 5) is 15.8. The van der Waals surface area contributed by atoms with E-state index in [-0.39, 0.29) is 12.0 Å². The second-order valence-electron chi connectivity index (χ2n) is 5.21. The van der Waals surface area contributed by atoms with E-state index in [0.29, 0.717) is 11.1 Å². The summed E-state index contributed by atoms with van der Waals surface area (Å²) in [5.41, 5.74) is 2.37. The van der Waals surface area contributed by atoms with E-state index in [2.05, 4.69) is 9.88 Å². The first-order valence-electron chi connectivity index (χ1n) is 6.07. The van der Waals surface area contributed by atoms with Gasteiger partial charge >= 0.3 is 5.76 Å². The van der Waals surface area contributed by atoms with Crippen molar-refractivity contribution in [1.29, 1.82) is 0 Å². The number of benzene rings is 1. The van der Waals surface area contributed by atoms with Crippen LogP contribution >= 0.6 is 0 Å². The molecule has 0 bridgehead atoms. The van der Waals surface area contributed by atoms with Crippen molar-refractivity contribution in [3.05, 3.63) is 28.7 Å². The van der Waals surface area contributed by atoms with Crippen LogP contribution in [0.1, 0.15) is 12.8 Å². The van der Waals surface area contributed by atoms with Crippen molar-refractivity contribution in [2.75, 3.05) is 25.1 Å². The fourth-order valence-corrected chi connectivity index (χ4v) is 2.31. The summed E-state index contributed by atoms with van der Waals surface area (Å²) in [6, 6.07) is 5.61. The largest absolute Gasteiger partial charge is 0.417 e. The van der Waals surface area contributed by atoms with Gasteiger partial charge in [-0.25, -0.2) is 4.79 Å². The zero-order valence-corrected chi connectivity index (χ0v) is 10.3. The van der Waals surface area contributed by atoms with Crippen LogP contribution in [-0.2, 0) is 0 Å². The molecule has 96 valence electrons. The van der Waals surface area contributed by atoms with Crippen LogP contribution < -0.4 is 10.7 Å². The first kappa shape index (κ1) is 11.3. The topological polar surface area (TPSA) is 69.5 Å². The van der Waals surface area contributed by atoms with Crippen molar-refractivity contribution in [3.63, 3.8) is 0 Å². The summed E-state index contributed by atoms with van der Waals surface area (Å²) in [6.07, 6.45) is 2.16. The maximum absolute atomic E-state index is 11.1. The molecular weight excluding hydrogens is 232 g/mol. The highest BCUT2D eigenvalue weighted by molar-refractivity contribution is 5.77. The third kappa shape index (κ3) is 1.90. The molecule has 1 aliphatic carbocycles. The van der Waals surface area contributed by atoms with Crippen LogP contribution in [0, 0.1) is 5.41 Å². The number of H-pyrrole nitrogens is 1. The number of aromatic nitrogens is 1. The van der Waals surface area contributed by atoms with Gasteiger partial charge in [-0.15, -0.1) is 0 Å². The van der Waals surface area contributed by atoms with E-state index < -0.39 is 5.76 Å². The lowest BCUT2D eigenvalue weighted by molar-refractivity contribution is 0.215. The molecule has 0 radical (unpaired) electrons. The second kappa shape index (κ2) is 3.88. The van der Waals surface area contributed by atoms with E-state index in [1.807, 2.05) is 19.2 Å². The normalized spacial score (nSPS) is 17.0. The van der Waals surface area contributed by atoms with Gasteiger partial charge < -0.3 is 14.4 Å². The monoisotopic (exact) mass is 248 g/mol. The SMILES string of the molecule is CN(CC1(CO)CC1)c1ccc2oc(=O)[nH]c2c1. The maximum Gasteiger partial charge on any atom is 0.417 e. The minimum atomic E-state index is -0.432. The molecular formula is C13H16N2O3. The van der Waals surface area contributed by atoms with E-state index >= 15 is 0 Å². The molecule has 2 aromatic rings. The fourth-order valence-electron chi connectivity index (χ4n) is 2.31. The summed E-state index contributed by atoms with van der Waals surface area (Å²) in [6.45, 7) is 1.07. The fraction of sp³-hybridized carbons (Fsp3) is 0.462. The Kier molecular flexibility index (Phi) is 2.45. The van der Waals surface area contributed by atoms with Crippen LogP contribution in [0.2, 0.25) is 0 Å². The van der Waals surface area contributed by atoms with Gasteiger partial charge in [0.25, 0.3) is 0 Å². The third-order valence-electron chi connectivity index (χ3n) is 3.71. The number of aliphatic hydroxyl groups excluding tert-OH is 1. The van der Waals surface area contributed by atoms with Gasteiger partial charge in [0.1, 0.15) is 0 Å². The lowest BCUT2D eigenvalue weighted by Gasteiger charge is -2.24. The summed E-state index contributed by atoms with van der Waals surface area (Å²) in [5, 5.41) is 9.34. The molecule has 0 saturated heterocycles. The summed E-state index contributed by atoms with van der Waals surface area (Å²) >= 11 is 0. The van der Waals surface area contributed by atoms with Crippen molar-refractivity contribution >= 4 is 16.8 Å². The molecule has 1 heterocycles. The number of aromatic amines is 1. The average molecular weight is 248 g/mol. The van der Waals surface area contributed by atoms with Crippen molar-refractivity contribution in [2.45, 2.75) is 12.8 Å². The number of fused-ring (bicyclic) bond motifs is 1. The third-order valence-corrected chi connectivity index (χ3v) is 3.71. The van der Waals surface area contributed by atoms with E-state index in [1.54, 1.807) is 6.07 Å². The number of nitrogens with zero attached hydrogens (tertiary/aromatic N) is 1. The summed E-state index contributed by atoms with van der Waals surface area (Å²) < 4.78 is 4.97. The highest BCUT2D eigenvalue weighted by atomic mass is 16.4. The van der Waals surface area contributed by atoms with Crippen LogP contribution in [0.4, 0.5) is 5.69 Å². The molecule has 5 nitrogen and oxygen atoms in total. The van der Waals surface area contributed by atoms with Crippen LogP contribution in [0.15, 0.2) is 27.4 Å². The standard InChI is InChI=1S/C13H16N2O3/c1-15(7-13(8-16)4-5-13)9-2-3-11-10(6-9)14-12(17)18-11/h2-3,6,16H,4-5,7-8H2,1H3,(H,14,17). The van der Waals surface area contributed by atoms with Gasteiger partial charge in [0.15, 0.2) is 5.58 Å². The molecule has 1 fully saturated rings. The number of oxazole rings is 1. The minimum Gasteiger partial charge on any atom is -0.408 e. The molecule has 0 amide bonds. The Morgan fingerprint density at radius 3 is 2.94 bits per heavy atom. The molecule has 0 spiro atoms. The predicted octanol–water partition coefficient (Wildman–Crippen LogP) is 1.33. The zero-order chi connectivity index (χ0) is 12.8. The molecule has 2 N–H and O–H groups in total. The Morgan fingerprint density at radius 2 is 2.28 bits per heavy atom. The van der Waals surface area contributed by atoms with Gasteiger partial charge in [-0.2, -0.15) is 0 Å². The molecule has 18 heavy (non-hydrogen) atoms. The average Bonchev–Trinajstić information content (AvgIpc) is 3.01. The lowest BCUT2D eigenvalue weighted by Crippen LogP contribution is -2.28. The Bertz CT molecular complexity index is 624. The van der Waals surface area contributed by atoms with Crippen molar-refractivity contribution in [2.24, 2.45) is 5.41 Å². The van der Waals surface area contributed by atoms with Gasteiger partial charge in [0.05, 0.1) is 12.1 Å². The van der Waals surface area contributed by atoms with Gasteiger partial charge in [0, 0.05) is 24.7 Å². The number of aliphatic hydroxyl groups is 1. The van der Waals surface area contributed by atoms with Gasteiger partial charge in [-0.3, -0.25) is 4.98 Å². The van der Waals surface area contributed by atoms with Crippen LogP contribution in [0.25, 0.3) is 11.1 Å². The molecule has 1 aromatic carbocycles. The van der Waals surface area contributed by atoms with Crippen molar-refractivity contribution < 1.29 is 9.52 Å². The summed E-state index contributed by atoms with van der Waals surface area (Å²) in [5.74, 6) is -0.432. The van der Waals surface area contributed by atoms with Gasteiger partial charge in [-0.05, 0) is 31.0 Å². The molecule has 0 unspecified atom stereocenters. The van der Waals surface area contributed by atoms with Crippen molar-refractivity contribution in [3.8, 4) is 0 Å². The highest BCUT2D eigenvalue weighted by Crippen LogP contribution is 2.46. The number of nitrogens with one attached hydrogen (secondary N) is 1. The van der Waals surface area contributed by atoms with Crippen molar-refractivity contribution in [1.82, 2.24) is 4.98 Å². The number of hydrogen-bond acceptors (Lipinski definition) is 4. The highest BCUT2D eigenvalue weighted by Gasteiger charge is 2.42. The Labute approximate surface area is 104 Å². The second-order valence-corrected chi connectivity index (χ2v) is 5.21. The Hall–Kier alpha value is -1.75. The first-order valence-corrected chi connectivity index (χ1v) is 6.07. The van der Waals surface area contributed by atoms with E-state index in [9.17, 15) is 9.90 Å². The molecule has 1 aliphatic rings. The van der Waals surface area contributed by atoms with E-state index in [0.717, 1.165) is 25.1 Å². The van der Waals surface area contributed by atoms with Gasteiger partial charge in [-0.1, -0.05) is 0 Å². The number of rotatable bonds is 4. The van der Waals surface area contributed by atoms with Gasteiger partial charge in [0.2, 0.25) is 0 Å². The number of hydrogen-bond donors (Lipinski definition) is 2. The molecule has 0 aliphatic heterocycles. The predicted molar refractivity (Wildman–Crippen MR) is 68.9 cm³/mol. The quantitative estimate of drug-likeness (QED) is 0.856. The molecule has 5 heteroatoms. The lowest BCUT2D eigenvalue weighted by atomic mass is 10.1. The number of anilines is 1. The molecule has 0 atom stereocenters. The molecule has 3 rings (SSSR count). The Balaban J connectivity index is 1.86. The minimum absolute atomic E-state index is 0.0769. The Morgan fingerprint density at radius 1 is 1.50 bits per heavy atom. The summed E-state index contributed by atoms with van der Waals surface area (Å²) in [7, 11) is 2.00. The van der Waals surface area contributed by atoms with E-state index in [1.165, 1.54) is 0 Å². The molecule has 1 saturated carbocycles. The zero-order valence-electron chi connectivity index (χ0n) is 10.3. The van der Waals surface area contributed by atoms with Crippen LogP contribution in [-0.4, -0.2) is 30.3 Å². The smallest absolute Gasteiger partial charge is 0.408 e. The van der Waals surface area contributed by atoms with Crippen LogP contribution in [0.3, 0.4) is 0 Å².